The topological polar surface area (TPSA) is 57.4 Å². The molecule has 4 nitrogen and oxygen atoms in total. The lowest BCUT2D eigenvalue weighted by Gasteiger charge is -2.25. The van der Waals surface area contributed by atoms with Gasteiger partial charge in [-0.15, -0.1) is 0 Å². The molecule has 2 N–H and O–H groups in total. The van der Waals surface area contributed by atoms with Crippen molar-refractivity contribution in [3.63, 3.8) is 0 Å². The highest BCUT2D eigenvalue weighted by Gasteiger charge is 2.27. The molecule has 0 fully saturated rings. The summed E-state index contributed by atoms with van der Waals surface area (Å²) in [6.45, 7) is 8.85. The van der Waals surface area contributed by atoms with Crippen molar-refractivity contribution in [3.05, 3.63) is 81.7 Å². The standard InChI is InChI=1S/C34H34N4/c1-17(2)33-36-30-10-8-22-13-25-21(14-27(22)31(30)37-33)6-5-19-11-24-16-28-20(12-23(24)15-26(19)25)7-9-29-32(28)38-34(35-29)18(3)4/h11-18H,5-10H2,1-4H3,(H,35,38)(H,36,37). The van der Waals surface area contributed by atoms with Crippen molar-refractivity contribution in [2.75, 3.05) is 0 Å². The number of benzene rings is 3. The molecule has 5 aromatic rings. The predicted octanol–water partition coefficient (Wildman–Crippen LogP) is 7.83. The van der Waals surface area contributed by atoms with E-state index in [9.17, 15) is 0 Å². The molecule has 3 aliphatic rings. The Hall–Kier alpha value is -3.66. The summed E-state index contributed by atoms with van der Waals surface area (Å²) in [5.74, 6) is 3.06. The Bertz CT molecular complexity index is 1780. The number of hydrogen-bond acceptors (Lipinski definition) is 2. The fourth-order valence-corrected chi connectivity index (χ4v) is 6.91. The zero-order valence-corrected chi connectivity index (χ0v) is 22.8. The zero-order chi connectivity index (χ0) is 25.7. The van der Waals surface area contributed by atoms with E-state index in [4.69, 9.17) is 9.97 Å². The minimum absolute atomic E-state index is 0.416. The van der Waals surface area contributed by atoms with Gasteiger partial charge in [0.25, 0.3) is 0 Å². The quantitative estimate of drug-likeness (QED) is 0.261. The van der Waals surface area contributed by atoms with Crippen LogP contribution < -0.4 is 0 Å². The van der Waals surface area contributed by atoms with E-state index < -0.39 is 0 Å². The van der Waals surface area contributed by atoms with Gasteiger partial charge in [-0.25, -0.2) is 9.97 Å². The van der Waals surface area contributed by atoms with Crippen molar-refractivity contribution in [2.45, 2.75) is 78.1 Å². The molecule has 0 atom stereocenters. The highest BCUT2D eigenvalue weighted by atomic mass is 15.0. The minimum atomic E-state index is 0.416. The Morgan fingerprint density at radius 3 is 1.47 bits per heavy atom. The van der Waals surface area contributed by atoms with Gasteiger partial charge in [-0.3, -0.25) is 0 Å². The molecule has 2 aromatic heterocycles. The summed E-state index contributed by atoms with van der Waals surface area (Å²) >= 11 is 0. The van der Waals surface area contributed by atoms with Gasteiger partial charge in [0.2, 0.25) is 0 Å². The Morgan fingerprint density at radius 2 is 0.895 bits per heavy atom. The number of imidazole rings is 2. The Balaban J connectivity index is 1.24. The molecule has 0 bridgehead atoms. The lowest BCUT2D eigenvalue weighted by molar-refractivity contribution is 0.787. The van der Waals surface area contributed by atoms with Crippen molar-refractivity contribution in [2.24, 2.45) is 0 Å². The molecule has 0 amide bonds. The Morgan fingerprint density at radius 1 is 0.500 bits per heavy atom. The summed E-state index contributed by atoms with van der Waals surface area (Å²) in [6.07, 6.45) is 6.42. The summed E-state index contributed by atoms with van der Waals surface area (Å²) in [5, 5.41) is 2.69. The minimum Gasteiger partial charge on any atom is -0.345 e. The maximum Gasteiger partial charge on any atom is 0.109 e. The zero-order valence-electron chi connectivity index (χ0n) is 22.8. The van der Waals surface area contributed by atoms with Crippen molar-refractivity contribution >= 4 is 10.8 Å². The van der Waals surface area contributed by atoms with Crippen LogP contribution in [0, 0.1) is 0 Å². The lowest BCUT2D eigenvalue weighted by atomic mass is 9.79. The van der Waals surface area contributed by atoms with Crippen LogP contribution in [0.2, 0.25) is 0 Å². The number of nitrogens with zero attached hydrogens (tertiary/aromatic N) is 2. The van der Waals surface area contributed by atoms with Crippen LogP contribution in [0.1, 0.15) is 84.8 Å². The van der Waals surface area contributed by atoms with Crippen molar-refractivity contribution < 1.29 is 0 Å². The molecule has 38 heavy (non-hydrogen) atoms. The second kappa shape index (κ2) is 7.92. The Labute approximate surface area is 224 Å². The van der Waals surface area contributed by atoms with Gasteiger partial charge in [0, 0.05) is 34.4 Å². The largest absolute Gasteiger partial charge is 0.345 e. The SMILES string of the molecule is CC(C)c1nc2c([nH]1)CCc1cc3c(cc1-2)CCc1cc2cc4c(cc2cc1-3)CCc1[nH]c(C(C)C)nc1-4. The van der Waals surface area contributed by atoms with Gasteiger partial charge in [-0.05, 0) is 101 Å². The number of fused-ring (bicyclic) bond motifs is 10. The van der Waals surface area contributed by atoms with Crippen LogP contribution in [0.15, 0.2) is 36.4 Å². The number of nitrogens with one attached hydrogen (secondary N) is 2. The average Bonchev–Trinajstić information content (AvgIpc) is 3.55. The first-order valence-electron chi connectivity index (χ1n) is 14.4. The lowest BCUT2D eigenvalue weighted by Crippen LogP contribution is -2.09. The third kappa shape index (κ3) is 3.22. The van der Waals surface area contributed by atoms with Gasteiger partial charge < -0.3 is 9.97 Å². The van der Waals surface area contributed by atoms with Crippen LogP contribution >= 0.6 is 0 Å². The number of aromatic amines is 2. The molecule has 3 aliphatic carbocycles. The van der Waals surface area contributed by atoms with E-state index in [1.165, 1.54) is 78.1 Å². The number of rotatable bonds is 2. The summed E-state index contributed by atoms with van der Waals surface area (Å²) in [6, 6.07) is 14.7. The van der Waals surface area contributed by atoms with Crippen LogP contribution in [0.25, 0.3) is 44.4 Å². The van der Waals surface area contributed by atoms with Crippen molar-refractivity contribution in [1.82, 2.24) is 19.9 Å². The molecule has 0 saturated heterocycles. The number of hydrogen-bond donors (Lipinski definition) is 2. The average molecular weight is 499 g/mol. The van der Waals surface area contributed by atoms with Crippen LogP contribution in [0.4, 0.5) is 0 Å². The second-order valence-corrected chi connectivity index (χ2v) is 12.2. The maximum atomic E-state index is 5.03. The summed E-state index contributed by atoms with van der Waals surface area (Å²) in [5.41, 5.74) is 16.3. The molecule has 190 valence electrons. The molecular weight excluding hydrogens is 464 g/mol. The molecule has 0 radical (unpaired) electrons. The molecule has 0 unspecified atom stereocenters. The first-order chi connectivity index (χ1) is 18.4. The normalized spacial score (nSPS) is 15.2. The molecular formula is C34H34N4. The van der Waals surface area contributed by atoms with E-state index in [0.29, 0.717) is 11.8 Å². The number of H-pyrrole nitrogens is 2. The van der Waals surface area contributed by atoms with E-state index in [1.54, 1.807) is 0 Å². The van der Waals surface area contributed by atoms with Gasteiger partial charge in [0.1, 0.15) is 11.6 Å². The van der Waals surface area contributed by atoms with E-state index >= 15 is 0 Å². The summed E-state index contributed by atoms with van der Waals surface area (Å²) in [7, 11) is 0. The van der Waals surface area contributed by atoms with Gasteiger partial charge in [-0.2, -0.15) is 0 Å². The van der Waals surface area contributed by atoms with E-state index in [1.807, 2.05) is 0 Å². The van der Waals surface area contributed by atoms with E-state index in [2.05, 4.69) is 74.1 Å². The smallest absolute Gasteiger partial charge is 0.109 e. The number of aryl methyl sites for hydroxylation is 6. The first-order valence-corrected chi connectivity index (χ1v) is 14.4. The molecule has 8 rings (SSSR count). The van der Waals surface area contributed by atoms with Gasteiger partial charge >= 0.3 is 0 Å². The Kier molecular flexibility index (Phi) is 4.66. The van der Waals surface area contributed by atoms with Crippen LogP contribution in [0.5, 0.6) is 0 Å². The highest BCUT2D eigenvalue weighted by Crippen LogP contribution is 2.43. The number of aromatic nitrogens is 4. The molecule has 3 aromatic carbocycles. The van der Waals surface area contributed by atoms with Crippen molar-refractivity contribution in [1.29, 1.82) is 0 Å². The summed E-state index contributed by atoms with van der Waals surface area (Å²) in [4.78, 5) is 17.3. The monoisotopic (exact) mass is 498 g/mol. The van der Waals surface area contributed by atoms with Gasteiger partial charge in [-0.1, -0.05) is 45.9 Å². The molecule has 0 spiro atoms. The van der Waals surface area contributed by atoms with E-state index in [0.717, 1.165) is 50.2 Å². The fraction of sp³-hybridized carbons (Fsp3) is 0.353. The first kappa shape index (κ1) is 22.3. The van der Waals surface area contributed by atoms with Crippen LogP contribution in [-0.2, 0) is 38.5 Å². The highest BCUT2D eigenvalue weighted by molar-refractivity contribution is 5.95. The van der Waals surface area contributed by atoms with E-state index in [-0.39, 0.29) is 0 Å². The third-order valence-corrected chi connectivity index (χ3v) is 9.05. The predicted molar refractivity (Wildman–Crippen MR) is 155 cm³/mol. The molecule has 4 heteroatoms. The van der Waals surface area contributed by atoms with Crippen LogP contribution in [0.3, 0.4) is 0 Å². The van der Waals surface area contributed by atoms with Gasteiger partial charge in [0.05, 0.1) is 11.4 Å². The summed E-state index contributed by atoms with van der Waals surface area (Å²) < 4.78 is 0. The van der Waals surface area contributed by atoms with Crippen LogP contribution in [-0.4, -0.2) is 19.9 Å². The molecule has 2 heterocycles. The molecule has 0 aliphatic heterocycles. The fourth-order valence-electron chi connectivity index (χ4n) is 6.91. The molecule has 0 saturated carbocycles. The van der Waals surface area contributed by atoms with Crippen molar-refractivity contribution in [3.8, 4) is 33.6 Å². The second-order valence-electron chi connectivity index (χ2n) is 12.2. The third-order valence-electron chi connectivity index (χ3n) is 9.05. The van der Waals surface area contributed by atoms with Gasteiger partial charge in [0.15, 0.2) is 0 Å². The maximum absolute atomic E-state index is 5.03.